The molecule has 1 rings (SSSR count). The fourth-order valence-electron chi connectivity index (χ4n) is 1.11. The Labute approximate surface area is 98.2 Å². The summed E-state index contributed by atoms with van der Waals surface area (Å²) in [6.07, 6.45) is 0. The number of aliphatic carboxylic acids is 1. The predicted molar refractivity (Wildman–Crippen MR) is 60.9 cm³/mol. The minimum Gasteiger partial charge on any atom is -0.480 e. The van der Waals surface area contributed by atoms with E-state index in [0.29, 0.717) is 0 Å². The Morgan fingerprint density at radius 3 is 2.50 bits per heavy atom. The number of nitrogens with one attached hydrogen (secondary N) is 1. The van der Waals surface area contributed by atoms with Crippen LogP contribution in [0.3, 0.4) is 0 Å². The van der Waals surface area contributed by atoms with Crippen molar-refractivity contribution < 1.29 is 18.3 Å². The zero-order valence-corrected chi connectivity index (χ0v) is 10.5. The van der Waals surface area contributed by atoms with Crippen LogP contribution in [-0.2, 0) is 14.8 Å². The number of rotatable bonds is 5. The van der Waals surface area contributed by atoms with Crippen LogP contribution in [0.2, 0.25) is 0 Å². The van der Waals surface area contributed by atoms with Crippen LogP contribution in [0.4, 0.5) is 0 Å². The van der Waals surface area contributed by atoms with Crippen LogP contribution in [0, 0.1) is 5.92 Å². The molecule has 0 aromatic carbocycles. The smallest absolute Gasteiger partial charge is 0.322 e. The maximum absolute atomic E-state index is 11.7. The van der Waals surface area contributed by atoms with Gasteiger partial charge in [-0.15, -0.1) is 11.3 Å². The van der Waals surface area contributed by atoms with Crippen molar-refractivity contribution in [3.05, 3.63) is 17.5 Å². The highest BCUT2D eigenvalue weighted by Crippen LogP contribution is 2.17. The molecule has 0 saturated carbocycles. The van der Waals surface area contributed by atoms with Gasteiger partial charge in [0.1, 0.15) is 10.3 Å². The summed E-state index contributed by atoms with van der Waals surface area (Å²) in [5.74, 6) is -1.48. The number of carboxylic acids is 1. The Hall–Kier alpha value is -0.920. The Morgan fingerprint density at radius 1 is 1.50 bits per heavy atom. The van der Waals surface area contributed by atoms with Crippen molar-refractivity contribution in [2.24, 2.45) is 5.92 Å². The topological polar surface area (TPSA) is 83.5 Å². The predicted octanol–water partition coefficient (Wildman–Crippen LogP) is 1.14. The molecule has 0 aliphatic rings. The van der Waals surface area contributed by atoms with E-state index in [9.17, 15) is 13.2 Å². The first-order valence-electron chi connectivity index (χ1n) is 4.63. The van der Waals surface area contributed by atoms with Gasteiger partial charge in [0.25, 0.3) is 10.0 Å². The summed E-state index contributed by atoms with van der Waals surface area (Å²) in [5.41, 5.74) is 0. The number of sulfonamides is 1. The molecule has 7 heteroatoms. The molecule has 16 heavy (non-hydrogen) atoms. The molecule has 0 aliphatic carbocycles. The van der Waals surface area contributed by atoms with Gasteiger partial charge in [0.05, 0.1) is 0 Å². The molecular formula is C9H13NO4S2. The third-order valence-corrected chi connectivity index (χ3v) is 4.81. The molecule has 0 amide bonds. The highest BCUT2D eigenvalue weighted by Gasteiger charge is 2.28. The van der Waals surface area contributed by atoms with Crippen molar-refractivity contribution >= 4 is 27.3 Å². The van der Waals surface area contributed by atoms with Gasteiger partial charge in [-0.1, -0.05) is 19.9 Å². The first-order chi connectivity index (χ1) is 7.34. The molecule has 0 fully saturated rings. The highest BCUT2D eigenvalue weighted by atomic mass is 32.2. The lowest BCUT2D eigenvalue weighted by Crippen LogP contribution is -2.43. The Bertz CT molecular complexity index is 450. The van der Waals surface area contributed by atoms with E-state index in [1.54, 1.807) is 25.3 Å². The molecule has 0 saturated heterocycles. The standard InChI is InChI=1S/C9H13NO4S2/c1-6(2)8(9(11)12)10-16(13,14)7-4-3-5-15-7/h3-6,8,10H,1-2H3,(H,11,12)/t8-/m1/s1. The summed E-state index contributed by atoms with van der Waals surface area (Å²) in [4.78, 5) is 10.9. The minimum absolute atomic E-state index is 0.124. The Kier molecular flexibility index (Phi) is 4.06. The molecule has 2 N–H and O–H groups in total. The van der Waals surface area contributed by atoms with Crippen LogP contribution in [-0.4, -0.2) is 25.5 Å². The average molecular weight is 263 g/mol. The van der Waals surface area contributed by atoms with Crippen LogP contribution in [0.15, 0.2) is 21.7 Å². The normalized spacial score (nSPS) is 13.9. The van der Waals surface area contributed by atoms with Gasteiger partial charge in [-0.05, 0) is 17.4 Å². The number of carboxylic acid groups (broad SMARTS) is 1. The summed E-state index contributed by atoms with van der Waals surface area (Å²) in [6.45, 7) is 3.30. The molecule has 0 bridgehead atoms. The van der Waals surface area contributed by atoms with Crippen molar-refractivity contribution in [1.82, 2.24) is 4.72 Å². The monoisotopic (exact) mass is 263 g/mol. The molecule has 1 aromatic rings. The molecule has 0 aliphatic heterocycles. The fourth-order valence-corrected chi connectivity index (χ4v) is 3.46. The van der Waals surface area contributed by atoms with Crippen LogP contribution >= 0.6 is 11.3 Å². The van der Waals surface area contributed by atoms with Gasteiger partial charge < -0.3 is 5.11 Å². The van der Waals surface area contributed by atoms with Crippen LogP contribution < -0.4 is 4.72 Å². The van der Waals surface area contributed by atoms with Crippen LogP contribution in [0.5, 0.6) is 0 Å². The maximum atomic E-state index is 11.7. The number of thiophene rings is 1. The quantitative estimate of drug-likeness (QED) is 0.834. The second-order valence-corrected chi connectivity index (χ2v) is 6.50. The highest BCUT2D eigenvalue weighted by molar-refractivity contribution is 7.91. The van der Waals surface area contributed by atoms with Crippen molar-refractivity contribution in [2.75, 3.05) is 0 Å². The summed E-state index contributed by atoms with van der Waals surface area (Å²) in [6, 6.07) is 1.93. The molecule has 1 atom stereocenters. The van der Waals surface area contributed by atoms with Crippen molar-refractivity contribution in [3.8, 4) is 0 Å². The van der Waals surface area contributed by atoms with Gasteiger partial charge in [-0.3, -0.25) is 4.79 Å². The van der Waals surface area contributed by atoms with E-state index in [1.807, 2.05) is 0 Å². The number of carbonyl (C=O) groups is 1. The van der Waals surface area contributed by atoms with E-state index >= 15 is 0 Å². The van der Waals surface area contributed by atoms with Crippen LogP contribution in [0.1, 0.15) is 13.8 Å². The minimum atomic E-state index is -3.72. The third kappa shape index (κ3) is 3.03. The van der Waals surface area contributed by atoms with Gasteiger partial charge in [0.15, 0.2) is 0 Å². The van der Waals surface area contributed by atoms with E-state index in [0.717, 1.165) is 11.3 Å². The molecule has 0 radical (unpaired) electrons. The summed E-state index contributed by atoms with van der Waals surface area (Å²) in [5, 5.41) is 10.5. The maximum Gasteiger partial charge on any atom is 0.322 e. The summed E-state index contributed by atoms with van der Waals surface area (Å²) < 4.78 is 25.8. The molecule has 0 spiro atoms. The molecule has 1 heterocycles. The molecule has 1 aromatic heterocycles. The molecule has 0 unspecified atom stereocenters. The van der Waals surface area contributed by atoms with E-state index in [-0.39, 0.29) is 10.1 Å². The van der Waals surface area contributed by atoms with E-state index in [1.165, 1.54) is 6.07 Å². The van der Waals surface area contributed by atoms with Crippen molar-refractivity contribution in [2.45, 2.75) is 24.1 Å². The van der Waals surface area contributed by atoms with Gasteiger partial charge >= 0.3 is 5.97 Å². The zero-order valence-electron chi connectivity index (χ0n) is 8.88. The average Bonchev–Trinajstić information content (AvgIpc) is 2.66. The van der Waals surface area contributed by atoms with Crippen molar-refractivity contribution in [3.63, 3.8) is 0 Å². The number of hydrogen-bond donors (Lipinski definition) is 2. The van der Waals surface area contributed by atoms with Gasteiger partial charge in [0, 0.05) is 0 Å². The lowest BCUT2D eigenvalue weighted by molar-refractivity contribution is -0.140. The lowest BCUT2D eigenvalue weighted by atomic mass is 10.1. The van der Waals surface area contributed by atoms with E-state index in [4.69, 9.17) is 5.11 Å². The van der Waals surface area contributed by atoms with E-state index < -0.39 is 22.0 Å². The zero-order chi connectivity index (χ0) is 12.3. The van der Waals surface area contributed by atoms with Gasteiger partial charge in [-0.25, -0.2) is 8.42 Å². The second-order valence-electron chi connectivity index (χ2n) is 3.61. The molecule has 5 nitrogen and oxygen atoms in total. The first-order valence-corrected chi connectivity index (χ1v) is 6.99. The fraction of sp³-hybridized carbons (Fsp3) is 0.444. The molecular weight excluding hydrogens is 250 g/mol. The molecule has 90 valence electrons. The Balaban J connectivity index is 2.92. The third-order valence-electron chi connectivity index (χ3n) is 1.97. The Morgan fingerprint density at radius 2 is 2.12 bits per heavy atom. The summed E-state index contributed by atoms with van der Waals surface area (Å²) >= 11 is 1.05. The SMILES string of the molecule is CC(C)[C@@H](NS(=O)(=O)c1cccs1)C(=O)O. The van der Waals surface area contributed by atoms with Gasteiger partial charge in [0.2, 0.25) is 0 Å². The first kappa shape index (κ1) is 13.1. The van der Waals surface area contributed by atoms with E-state index in [2.05, 4.69) is 4.72 Å². The van der Waals surface area contributed by atoms with Crippen molar-refractivity contribution in [1.29, 1.82) is 0 Å². The second kappa shape index (κ2) is 4.94. The van der Waals surface area contributed by atoms with Gasteiger partial charge in [-0.2, -0.15) is 4.72 Å². The largest absolute Gasteiger partial charge is 0.480 e. The van der Waals surface area contributed by atoms with Crippen LogP contribution in [0.25, 0.3) is 0 Å². The summed E-state index contributed by atoms with van der Waals surface area (Å²) in [7, 11) is -3.72. The lowest BCUT2D eigenvalue weighted by Gasteiger charge is -2.17. The number of hydrogen-bond acceptors (Lipinski definition) is 4.